The van der Waals surface area contributed by atoms with Crippen LogP contribution in [0.5, 0.6) is 5.75 Å². The van der Waals surface area contributed by atoms with Crippen molar-refractivity contribution in [2.45, 2.75) is 30.8 Å². The van der Waals surface area contributed by atoms with Gasteiger partial charge in [0.2, 0.25) is 10.0 Å². The molecule has 33 heavy (non-hydrogen) atoms. The molecule has 1 N–H and O–H groups in total. The fourth-order valence-corrected chi connectivity index (χ4v) is 4.19. The second kappa shape index (κ2) is 9.70. The molecule has 176 valence electrons. The maximum absolute atomic E-state index is 13.1. The van der Waals surface area contributed by atoms with Crippen molar-refractivity contribution < 1.29 is 35.5 Å². The number of rotatable bonds is 9. The van der Waals surface area contributed by atoms with E-state index >= 15 is 0 Å². The summed E-state index contributed by atoms with van der Waals surface area (Å²) in [7, 11) is -4.06. The van der Waals surface area contributed by atoms with Gasteiger partial charge in [-0.3, -0.25) is 9.89 Å². The number of sulfonamides is 1. The summed E-state index contributed by atoms with van der Waals surface area (Å²) in [6.45, 7) is 1.84. The number of hydrogen-bond acceptors (Lipinski definition) is 7. The van der Waals surface area contributed by atoms with E-state index < -0.39 is 34.2 Å². The van der Waals surface area contributed by atoms with Gasteiger partial charge in [-0.1, -0.05) is 13.0 Å². The molecule has 0 aliphatic carbocycles. The Bertz CT molecular complexity index is 1230. The third kappa shape index (κ3) is 6.16. The van der Waals surface area contributed by atoms with Crippen LogP contribution in [0, 0.1) is 0 Å². The van der Waals surface area contributed by atoms with Crippen LogP contribution >= 0.6 is 11.3 Å². The maximum Gasteiger partial charge on any atom is 0.461 e. The van der Waals surface area contributed by atoms with Crippen molar-refractivity contribution in [2.75, 3.05) is 5.32 Å². The SMILES string of the molecule is CCc1nnc([N-]S(=O)(=O)c2ccc(NC(=O)c3cccc(OC(F)(F)C(F)F)c3)cc2)s1. The van der Waals surface area contributed by atoms with E-state index in [0.29, 0.717) is 11.4 Å². The lowest BCUT2D eigenvalue weighted by atomic mass is 10.2. The van der Waals surface area contributed by atoms with Gasteiger partial charge in [-0.05, 0) is 48.9 Å². The molecule has 0 bridgehead atoms. The van der Waals surface area contributed by atoms with E-state index in [1.165, 1.54) is 36.4 Å². The first-order valence-electron chi connectivity index (χ1n) is 9.17. The Kier molecular flexibility index (Phi) is 7.17. The average molecular weight is 503 g/mol. The standard InChI is InChI=1S/C19H16F4N4O4S2/c1-2-15-25-26-18(32-15)27-33(29,30)14-8-6-12(7-9-14)24-16(28)11-4-3-5-13(10-11)31-19(22,23)17(20)21/h3-10,17H,2H2,1H3,(H2,24,26,27,28)/p-1. The van der Waals surface area contributed by atoms with Gasteiger partial charge in [0.05, 0.1) is 9.90 Å². The number of anilines is 1. The molecular weight excluding hydrogens is 488 g/mol. The quantitative estimate of drug-likeness (QED) is 0.412. The fraction of sp³-hybridized carbons (Fsp3) is 0.211. The van der Waals surface area contributed by atoms with Crippen molar-refractivity contribution >= 4 is 38.1 Å². The first-order chi connectivity index (χ1) is 15.5. The van der Waals surface area contributed by atoms with Gasteiger partial charge in [0.15, 0.2) is 0 Å². The molecule has 8 nitrogen and oxygen atoms in total. The van der Waals surface area contributed by atoms with Gasteiger partial charge in [-0.2, -0.15) is 17.6 Å². The van der Waals surface area contributed by atoms with Crippen molar-refractivity contribution in [3.05, 3.63) is 63.8 Å². The molecule has 0 atom stereocenters. The normalized spacial score (nSPS) is 11.9. The Balaban J connectivity index is 1.68. The Morgan fingerprint density at radius 3 is 2.48 bits per heavy atom. The number of nitrogens with zero attached hydrogens (tertiary/aromatic N) is 3. The molecule has 0 spiro atoms. The number of benzene rings is 2. The van der Waals surface area contributed by atoms with E-state index in [9.17, 15) is 30.8 Å². The molecule has 1 heterocycles. The minimum atomic E-state index is -4.71. The molecule has 0 fully saturated rings. The van der Waals surface area contributed by atoms with Crippen molar-refractivity contribution in [1.82, 2.24) is 10.2 Å². The largest absolute Gasteiger partial charge is 0.461 e. The molecule has 0 aliphatic heterocycles. The van der Waals surface area contributed by atoms with Crippen LogP contribution in [0.2, 0.25) is 0 Å². The number of amides is 1. The first kappa shape index (κ1) is 24.4. The molecule has 2 aromatic carbocycles. The second-order valence-electron chi connectivity index (χ2n) is 6.37. The highest BCUT2D eigenvalue weighted by Gasteiger charge is 2.44. The van der Waals surface area contributed by atoms with Crippen LogP contribution < -0.4 is 10.1 Å². The summed E-state index contributed by atoms with van der Waals surface area (Å²) in [5.41, 5.74) is 0.0413. The van der Waals surface area contributed by atoms with Crippen LogP contribution in [-0.2, 0) is 16.4 Å². The lowest BCUT2D eigenvalue weighted by Crippen LogP contribution is -2.33. The fourth-order valence-electron chi connectivity index (χ4n) is 2.40. The van der Waals surface area contributed by atoms with E-state index in [1.54, 1.807) is 0 Å². The average Bonchev–Trinajstić information content (AvgIpc) is 3.20. The van der Waals surface area contributed by atoms with Crippen molar-refractivity contribution in [1.29, 1.82) is 0 Å². The molecular formula is C19H15F4N4O4S2-. The predicted octanol–water partition coefficient (Wildman–Crippen LogP) is 4.98. The molecule has 3 rings (SSSR count). The summed E-state index contributed by atoms with van der Waals surface area (Å²) in [6, 6.07) is 9.31. The van der Waals surface area contributed by atoms with Gasteiger partial charge < -0.3 is 19.9 Å². The van der Waals surface area contributed by atoms with Gasteiger partial charge in [0.25, 0.3) is 5.91 Å². The number of aromatic nitrogens is 2. The van der Waals surface area contributed by atoms with Crippen molar-refractivity contribution in [3.8, 4) is 5.75 Å². The number of halogens is 4. The van der Waals surface area contributed by atoms with Gasteiger partial charge >= 0.3 is 12.5 Å². The lowest BCUT2D eigenvalue weighted by molar-refractivity contribution is -0.253. The van der Waals surface area contributed by atoms with Gasteiger partial charge in [-0.25, -0.2) is 8.42 Å². The summed E-state index contributed by atoms with van der Waals surface area (Å²) in [6.07, 6.45) is -8.17. The van der Waals surface area contributed by atoms with E-state index in [0.717, 1.165) is 23.5 Å². The number of alkyl halides is 4. The highest BCUT2D eigenvalue weighted by molar-refractivity contribution is 7.94. The Labute approximate surface area is 189 Å². The summed E-state index contributed by atoms with van der Waals surface area (Å²) in [5.74, 6) is -1.39. The maximum atomic E-state index is 13.1. The number of aryl methyl sites for hydroxylation is 1. The van der Waals surface area contributed by atoms with Crippen LogP contribution in [-0.4, -0.2) is 37.1 Å². The summed E-state index contributed by atoms with van der Waals surface area (Å²) in [5, 5.41) is 10.5. The zero-order valence-electron chi connectivity index (χ0n) is 16.7. The third-order valence-electron chi connectivity index (χ3n) is 3.97. The third-order valence-corrected chi connectivity index (χ3v) is 6.33. The Morgan fingerprint density at radius 2 is 1.88 bits per heavy atom. The van der Waals surface area contributed by atoms with Gasteiger partial charge in [0.1, 0.15) is 5.75 Å². The molecule has 14 heteroatoms. The van der Waals surface area contributed by atoms with Crippen molar-refractivity contribution in [2.24, 2.45) is 0 Å². The van der Waals surface area contributed by atoms with E-state index in [-0.39, 0.29) is 21.3 Å². The van der Waals surface area contributed by atoms with Crippen LogP contribution in [0.3, 0.4) is 0 Å². The molecule has 0 unspecified atom stereocenters. The monoisotopic (exact) mass is 503 g/mol. The van der Waals surface area contributed by atoms with Crippen molar-refractivity contribution in [3.63, 3.8) is 0 Å². The predicted molar refractivity (Wildman–Crippen MR) is 112 cm³/mol. The van der Waals surface area contributed by atoms with Crippen LogP contribution in [0.4, 0.5) is 28.4 Å². The Hall–Kier alpha value is -3.26. The molecule has 3 aromatic rings. The zero-order chi connectivity index (χ0) is 24.2. The smallest absolute Gasteiger partial charge is 0.428 e. The number of nitrogens with one attached hydrogen (secondary N) is 1. The van der Waals surface area contributed by atoms with E-state index in [4.69, 9.17) is 0 Å². The van der Waals surface area contributed by atoms with E-state index in [2.05, 4.69) is 25.0 Å². The first-order valence-corrected chi connectivity index (χ1v) is 11.4. The molecule has 0 saturated carbocycles. The summed E-state index contributed by atoms with van der Waals surface area (Å²) in [4.78, 5) is 12.2. The molecule has 1 aromatic heterocycles. The molecule has 0 aliphatic rings. The molecule has 1 amide bonds. The summed E-state index contributed by atoms with van der Waals surface area (Å²) >= 11 is 1.05. The van der Waals surface area contributed by atoms with Crippen LogP contribution in [0.15, 0.2) is 53.4 Å². The van der Waals surface area contributed by atoms with Gasteiger partial charge in [-0.15, -0.1) is 11.3 Å². The second-order valence-corrected chi connectivity index (χ2v) is 9.01. The Morgan fingerprint density at radius 1 is 1.18 bits per heavy atom. The van der Waals surface area contributed by atoms with Crippen LogP contribution in [0.1, 0.15) is 22.3 Å². The van der Waals surface area contributed by atoms with Crippen LogP contribution in [0.25, 0.3) is 4.72 Å². The zero-order valence-corrected chi connectivity index (χ0v) is 18.3. The van der Waals surface area contributed by atoms with E-state index in [1.807, 2.05) is 6.92 Å². The highest BCUT2D eigenvalue weighted by atomic mass is 32.2. The molecule has 0 saturated heterocycles. The number of hydrogen-bond donors (Lipinski definition) is 1. The minimum absolute atomic E-state index is 0.0104. The topological polar surface area (TPSA) is 112 Å². The number of ether oxygens (including phenoxy) is 1. The molecule has 0 radical (unpaired) electrons. The highest BCUT2D eigenvalue weighted by Crippen LogP contribution is 2.31. The summed E-state index contributed by atoms with van der Waals surface area (Å²) < 4.78 is 83.1. The number of carbonyl (C=O) groups excluding carboxylic acids is 1. The lowest BCUT2D eigenvalue weighted by Gasteiger charge is -2.17. The minimum Gasteiger partial charge on any atom is -0.428 e. The van der Waals surface area contributed by atoms with Gasteiger partial charge in [0, 0.05) is 16.4 Å². The number of carbonyl (C=O) groups is 1.